The molecule has 1 aliphatic heterocycles. The van der Waals surface area contributed by atoms with Crippen molar-refractivity contribution in [3.63, 3.8) is 0 Å². The van der Waals surface area contributed by atoms with Crippen LogP contribution in [0.1, 0.15) is 48.3 Å². The van der Waals surface area contributed by atoms with Crippen LogP contribution in [0.25, 0.3) is 11.3 Å². The van der Waals surface area contributed by atoms with E-state index in [1.165, 1.54) is 11.1 Å². The largest absolute Gasteiger partial charge is 0.342 e. The second-order valence-corrected chi connectivity index (χ2v) is 7.71. The van der Waals surface area contributed by atoms with E-state index in [-0.39, 0.29) is 11.8 Å². The maximum Gasteiger partial charge on any atom is 0.223 e. The van der Waals surface area contributed by atoms with E-state index in [4.69, 9.17) is 0 Å². The summed E-state index contributed by atoms with van der Waals surface area (Å²) in [5, 5.41) is 4.47. The van der Waals surface area contributed by atoms with Gasteiger partial charge in [-0.05, 0) is 25.8 Å². The van der Waals surface area contributed by atoms with Gasteiger partial charge in [0.25, 0.3) is 0 Å². The molecule has 6 heteroatoms. The Morgan fingerprint density at radius 2 is 1.96 bits per heavy atom. The average molecular weight is 377 g/mol. The Morgan fingerprint density at radius 3 is 2.71 bits per heavy atom. The number of aromatic amines is 1. The zero-order chi connectivity index (χ0) is 19.7. The summed E-state index contributed by atoms with van der Waals surface area (Å²) in [6, 6.07) is 8.37. The minimum Gasteiger partial charge on any atom is -0.342 e. The molecule has 3 aromatic rings. The van der Waals surface area contributed by atoms with E-state index in [1.54, 1.807) is 0 Å². The molecule has 28 heavy (non-hydrogen) atoms. The van der Waals surface area contributed by atoms with Crippen LogP contribution in [-0.2, 0) is 17.9 Å². The fraction of sp³-hybridized carbons (Fsp3) is 0.409. The van der Waals surface area contributed by atoms with Crippen molar-refractivity contribution in [3.05, 3.63) is 59.3 Å². The summed E-state index contributed by atoms with van der Waals surface area (Å²) in [5.41, 5.74) is 5.58. The summed E-state index contributed by atoms with van der Waals surface area (Å²) in [7, 11) is 0. The van der Waals surface area contributed by atoms with Crippen LogP contribution in [0.4, 0.5) is 0 Å². The number of likely N-dealkylation sites (tertiary alicyclic amines) is 1. The van der Waals surface area contributed by atoms with Gasteiger partial charge in [-0.3, -0.25) is 9.48 Å². The van der Waals surface area contributed by atoms with Crippen molar-refractivity contribution in [2.24, 2.45) is 0 Å². The second-order valence-electron chi connectivity index (χ2n) is 7.71. The number of hydrogen-bond acceptors (Lipinski definition) is 3. The normalized spacial score (nSPS) is 16.9. The molecule has 6 nitrogen and oxygen atoms in total. The lowest BCUT2D eigenvalue weighted by Crippen LogP contribution is -2.24. The summed E-state index contributed by atoms with van der Waals surface area (Å²) in [6.45, 7) is 8.58. The molecule has 1 fully saturated rings. The van der Waals surface area contributed by atoms with Gasteiger partial charge in [0.1, 0.15) is 5.82 Å². The van der Waals surface area contributed by atoms with Gasteiger partial charge in [-0.2, -0.15) is 5.10 Å². The number of aryl methyl sites for hydroxylation is 2. The number of imidazole rings is 1. The maximum atomic E-state index is 12.5. The van der Waals surface area contributed by atoms with Gasteiger partial charge in [0, 0.05) is 43.2 Å². The van der Waals surface area contributed by atoms with E-state index in [2.05, 4.69) is 60.1 Å². The van der Waals surface area contributed by atoms with Gasteiger partial charge in [0.05, 0.1) is 18.1 Å². The van der Waals surface area contributed by atoms with E-state index in [1.807, 2.05) is 22.0 Å². The van der Waals surface area contributed by atoms with E-state index in [0.29, 0.717) is 19.5 Å². The zero-order valence-electron chi connectivity index (χ0n) is 16.8. The van der Waals surface area contributed by atoms with Crippen molar-refractivity contribution < 1.29 is 4.79 Å². The molecule has 0 aliphatic carbocycles. The molecule has 1 aliphatic rings. The standard InChI is InChI=1S/C22H27N5O/c1-4-9-27-16(3)19(11-24-27)20-12-23-22(25-20)18-10-21(28)26(14-18)13-17-7-5-15(2)6-8-17/h5-8,11-12,18H,4,9-10,13-14H2,1-3H3,(H,23,25). The smallest absolute Gasteiger partial charge is 0.223 e. The van der Waals surface area contributed by atoms with E-state index >= 15 is 0 Å². The van der Waals surface area contributed by atoms with Gasteiger partial charge in [0.2, 0.25) is 5.91 Å². The lowest BCUT2D eigenvalue weighted by Gasteiger charge is -2.16. The minimum atomic E-state index is 0.109. The van der Waals surface area contributed by atoms with Gasteiger partial charge < -0.3 is 9.88 Å². The quantitative estimate of drug-likeness (QED) is 0.710. The number of nitrogens with zero attached hydrogens (tertiary/aromatic N) is 4. The number of amides is 1. The van der Waals surface area contributed by atoms with Gasteiger partial charge in [-0.25, -0.2) is 4.98 Å². The monoisotopic (exact) mass is 377 g/mol. The fourth-order valence-electron chi connectivity index (χ4n) is 3.85. The Bertz CT molecular complexity index is 969. The third-order valence-corrected chi connectivity index (χ3v) is 5.52. The highest BCUT2D eigenvalue weighted by molar-refractivity contribution is 5.79. The van der Waals surface area contributed by atoms with Crippen molar-refractivity contribution in [1.29, 1.82) is 0 Å². The van der Waals surface area contributed by atoms with E-state index in [9.17, 15) is 4.79 Å². The summed E-state index contributed by atoms with van der Waals surface area (Å²) >= 11 is 0. The minimum absolute atomic E-state index is 0.109. The van der Waals surface area contributed by atoms with Crippen molar-refractivity contribution in [1.82, 2.24) is 24.6 Å². The number of rotatable bonds is 6. The number of carbonyl (C=O) groups excluding carboxylic acids is 1. The summed E-state index contributed by atoms with van der Waals surface area (Å²) < 4.78 is 2.03. The van der Waals surface area contributed by atoms with Crippen LogP contribution in [0.2, 0.25) is 0 Å². The van der Waals surface area contributed by atoms with Crippen molar-refractivity contribution >= 4 is 5.91 Å². The van der Waals surface area contributed by atoms with Crippen LogP contribution in [0.5, 0.6) is 0 Å². The van der Waals surface area contributed by atoms with E-state index in [0.717, 1.165) is 35.7 Å². The summed E-state index contributed by atoms with van der Waals surface area (Å²) in [5.74, 6) is 1.19. The highest BCUT2D eigenvalue weighted by atomic mass is 16.2. The van der Waals surface area contributed by atoms with E-state index < -0.39 is 0 Å². The summed E-state index contributed by atoms with van der Waals surface area (Å²) in [6.07, 6.45) is 5.32. The molecule has 2 aromatic heterocycles. The first-order valence-corrected chi connectivity index (χ1v) is 9.96. The molecule has 0 bridgehead atoms. The van der Waals surface area contributed by atoms with Crippen LogP contribution >= 0.6 is 0 Å². The van der Waals surface area contributed by atoms with Gasteiger partial charge in [-0.1, -0.05) is 36.8 Å². The topological polar surface area (TPSA) is 66.8 Å². The lowest BCUT2D eigenvalue weighted by atomic mass is 10.1. The first kappa shape index (κ1) is 18.5. The zero-order valence-corrected chi connectivity index (χ0v) is 16.8. The molecule has 1 atom stereocenters. The Balaban J connectivity index is 1.47. The molecule has 1 aromatic carbocycles. The molecule has 3 heterocycles. The number of H-pyrrole nitrogens is 1. The predicted molar refractivity (Wildman–Crippen MR) is 109 cm³/mol. The molecule has 1 unspecified atom stereocenters. The van der Waals surface area contributed by atoms with Gasteiger partial charge in [0.15, 0.2) is 0 Å². The molecule has 1 amide bonds. The van der Waals surface area contributed by atoms with Crippen LogP contribution in [0.15, 0.2) is 36.7 Å². The summed E-state index contributed by atoms with van der Waals surface area (Å²) in [4.78, 5) is 22.5. The first-order chi connectivity index (χ1) is 13.5. The molecular weight excluding hydrogens is 350 g/mol. The molecule has 1 N–H and O–H groups in total. The average Bonchev–Trinajstić information content (AvgIpc) is 3.38. The molecule has 0 saturated carbocycles. The fourth-order valence-corrected chi connectivity index (χ4v) is 3.85. The maximum absolute atomic E-state index is 12.5. The number of carbonyl (C=O) groups is 1. The van der Waals surface area contributed by atoms with Crippen LogP contribution in [-0.4, -0.2) is 37.1 Å². The lowest BCUT2D eigenvalue weighted by molar-refractivity contribution is -0.128. The predicted octanol–water partition coefficient (Wildman–Crippen LogP) is 3.82. The molecule has 4 rings (SSSR count). The number of benzene rings is 1. The Kier molecular flexibility index (Phi) is 5.03. The molecule has 146 valence electrons. The SMILES string of the molecule is CCCn1ncc(-c2cnc(C3CC(=O)N(Cc4ccc(C)cc4)C3)[nH]2)c1C. The first-order valence-electron chi connectivity index (χ1n) is 9.96. The van der Waals surface area contributed by atoms with Crippen molar-refractivity contribution in [2.75, 3.05) is 6.54 Å². The van der Waals surface area contributed by atoms with Crippen molar-refractivity contribution in [3.8, 4) is 11.3 Å². The molecule has 0 radical (unpaired) electrons. The molecule has 0 spiro atoms. The Hall–Kier alpha value is -2.89. The van der Waals surface area contributed by atoms with Crippen molar-refractivity contribution in [2.45, 2.75) is 52.6 Å². The van der Waals surface area contributed by atoms with Gasteiger partial charge in [-0.15, -0.1) is 0 Å². The second kappa shape index (κ2) is 7.62. The highest BCUT2D eigenvalue weighted by Crippen LogP contribution is 2.30. The molecular formula is C22H27N5O. The van der Waals surface area contributed by atoms with Gasteiger partial charge >= 0.3 is 0 Å². The third-order valence-electron chi connectivity index (χ3n) is 5.52. The van der Waals surface area contributed by atoms with Crippen LogP contribution in [0, 0.1) is 13.8 Å². The number of hydrogen-bond donors (Lipinski definition) is 1. The molecule has 1 saturated heterocycles. The van der Waals surface area contributed by atoms with Crippen LogP contribution < -0.4 is 0 Å². The highest BCUT2D eigenvalue weighted by Gasteiger charge is 2.32. The Morgan fingerprint density at radius 1 is 1.18 bits per heavy atom. The number of aromatic nitrogens is 4. The number of nitrogens with one attached hydrogen (secondary N) is 1. The van der Waals surface area contributed by atoms with Crippen LogP contribution in [0.3, 0.4) is 0 Å². The Labute approximate surface area is 165 Å². The third kappa shape index (κ3) is 3.59.